The van der Waals surface area contributed by atoms with E-state index in [1.165, 1.54) is 37.4 Å². The molecule has 2 aromatic heterocycles. The summed E-state index contributed by atoms with van der Waals surface area (Å²) in [6, 6.07) is 17.6. The number of rotatable bonds is 14. The Labute approximate surface area is 253 Å². The van der Waals surface area contributed by atoms with E-state index in [9.17, 15) is 18.8 Å². The number of aryl methyl sites for hydroxylation is 1. The molecule has 3 N–H and O–H groups in total. The van der Waals surface area contributed by atoms with Gasteiger partial charge in [-0.15, -0.1) is 10.2 Å². The van der Waals surface area contributed by atoms with Gasteiger partial charge < -0.3 is 20.5 Å². The van der Waals surface area contributed by atoms with Crippen LogP contribution in [-0.2, 0) is 33.9 Å². The number of aromatic nitrogens is 3. The molecule has 12 heteroatoms. The Hall–Kier alpha value is -4.55. The molecule has 0 aliphatic rings. The van der Waals surface area contributed by atoms with Crippen molar-refractivity contribution < 1.29 is 28.2 Å². The zero-order chi connectivity index (χ0) is 30.9. The molecule has 43 heavy (non-hydrogen) atoms. The molecule has 1 amide bonds. The third kappa shape index (κ3) is 11.7. The first-order valence-electron chi connectivity index (χ1n) is 13.7. The summed E-state index contributed by atoms with van der Waals surface area (Å²) in [6.45, 7) is 1.24. The van der Waals surface area contributed by atoms with Crippen LogP contribution in [0.15, 0.2) is 66.9 Å². The Morgan fingerprint density at radius 1 is 1.00 bits per heavy atom. The van der Waals surface area contributed by atoms with Crippen molar-refractivity contribution in [2.45, 2.75) is 45.3 Å². The molecule has 2 aromatic carbocycles. The molecule has 0 fully saturated rings. The van der Waals surface area contributed by atoms with Crippen molar-refractivity contribution in [3.63, 3.8) is 0 Å². The van der Waals surface area contributed by atoms with E-state index in [1.807, 2.05) is 30.3 Å². The number of methoxy groups -OCH3 is 1. The maximum atomic E-state index is 12.5. The van der Waals surface area contributed by atoms with Crippen molar-refractivity contribution in [2.75, 3.05) is 13.7 Å². The van der Waals surface area contributed by atoms with E-state index in [1.54, 1.807) is 30.5 Å². The van der Waals surface area contributed by atoms with Crippen LogP contribution in [-0.4, -0.2) is 47.0 Å². The molecular weight excluding hydrogens is 573 g/mol. The van der Waals surface area contributed by atoms with Crippen LogP contribution in [0, 0.1) is 5.95 Å². The molecule has 0 aliphatic heterocycles. The van der Waals surface area contributed by atoms with E-state index in [-0.39, 0.29) is 12.8 Å². The van der Waals surface area contributed by atoms with E-state index in [0.717, 1.165) is 42.5 Å². The summed E-state index contributed by atoms with van der Waals surface area (Å²) >= 11 is 1.32. The second-order valence-corrected chi connectivity index (χ2v) is 10.3. The summed E-state index contributed by atoms with van der Waals surface area (Å²) in [5, 5.41) is 11.8. The molecule has 226 valence electrons. The van der Waals surface area contributed by atoms with Crippen LogP contribution < -0.4 is 15.8 Å². The number of hydrogen-bond acceptors (Lipinski definition) is 10. The number of nitrogens with two attached hydrogens (primary N) is 1. The monoisotopic (exact) mass is 607 g/mol. The number of nitrogens with zero attached hydrogens (tertiary/aromatic N) is 3. The first-order valence-corrected chi connectivity index (χ1v) is 14.5. The summed E-state index contributed by atoms with van der Waals surface area (Å²) in [6.07, 6.45) is 7.41. The number of carbonyl (C=O) groups excluding carboxylic acids is 3. The Balaban J connectivity index is 0.000000303. The van der Waals surface area contributed by atoms with Gasteiger partial charge in [0.05, 0.1) is 19.2 Å². The summed E-state index contributed by atoms with van der Waals surface area (Å²) in [5.74, 6) is -0.823. The first-order chi connectivity index (χ1) is 20.9. The molecule has 0 saturated heterocycles. The summed E-state index contributed by atoms with van der Waals surface area (Å²) in [7, 11) is 1.34. The number of hydrogen-bond donors (Lipinski definition) is 2. The summed E-state index contributed by atoms with van der Waals surface area (Å²) in [5.41, 5.74) is 8.68. The largest absolute Gasteiger partial charge is 0.489 e. The second-order valence-electron chi connectivity index (χ2n) is 9.28. The lowest BCUT2D eigenvalue weighted by Crippen LogP contribution is -2.23. The van der Waals surface area contributed by atoms with Gasteiger partial charge in [-0.25, -0.2) is 9.78 Å². The minimum Gasteiger partial charge on any atom is -0.489 e. The Morgan fingerprint density at radius 2 is 1.79 bits per heavy atom. The number of amides is 1. The average molecular weight is 608 g/mol. The fraction of sp³-hybridized carbons (Fsp3) is 0.290. The van der Waals surface area contributed by atoms with Crippen LogP contribution in [0.2, 0.25) is 0 Å². The van der Waals surface area contributed by atoms with Crippen molar-refractivity contribution in [1.82, 2.24) is 20.5 Å². The fourth-order valence-corrected chi connectivity index (χ4v) is 4.58. The normalized spacial score (nSPS) is 10.3. The predicted octanol–water partition coefficient (Wildman–Crippen LogP) is 4.67. The summed E-state index contributed by atoms with van der Waals surface area (Å²) in [4.78, 5) is 36.5. The number of halogens is 1. The van der Waals surface area contributed by atoms with Crippen LogP contribution in [0.1, 0.15) is 52.2 Å². The molecule has 0 spiro atoms. The van der Waals surface area contributed by atoms with Crippen molar-refractivity contribution >= 4 is 29.5 Å². The number of benzene rings is 2. The van der Waals surface area contributed by atoms with Crippen molar-refractivity contribution in [3.8, 4) is 16.3 Å². The van der Waals surface area contributed by atoms with Gasteiger partial charge in [-0.05, 0) is 79.4 Å². The zero-order valence-electron chi connectivity index (χ0n) is 23.8. The zero-order valence-corrected chi connectivity index (χ0v) is 24.6. The minimum absolute atomic E-state index is 0.154. The third-order valence-electron chi connectivity index (χ3n) is 6.05. The minimum atomic E-state index is -0.694. The van der Waals surface area contributed by atoms with Gasteiger partial charge in [-0.3, -0.25) is 9.59 Å². The number of esters is 1. The van der Waals surface area contributed by atoms with E-state index in [4.69, 9.17) is 15.2 Å². The van der Waals surface area contributed by atoms with Gasteiger partial charge >= 0.3 is 5.97 Å². The van der Waals surface area contributed by atoms with E-state index in [2.05, 4.69) is 20.5 Å². The molecule has 10 nitrogen and oxygen atoms in total. The SMILES string of the molecule is COC(=O)c1cccc(COc2ccc(-c3nnc(CNC(=O)C=O)s3)cc2)c1.NCCCCCCc1ccc(F)nc1. The van der Waals surface area contributed by atoms with Gasteiger partial charge in [0, 0.05) is 11.8 Å². The van der Waals surface area contributed by atoms with Crippen LogP contribution in [0.4, 0.5) is 4.39 Å². The molecule has 0 aliphatic carbocycles. The third-order valence-corrected chi connectivity index (χ3v) is 7.02. The maximum Gasteiger partial charge on any atom is 0.337 e. The molecule has 0 unspecified atom stereocenters. The predicted molar refractivity (Wildman–Crippen MR) is 161 cm³/mol. The van der Waals surface area contributed by atoms with Gasteiger partial charge in [0.25, 0.3) is 5.91 Å². The standard InChI is InChI=1S/C20H17N3O5S.C11H17FN2/c1-27-20(26)15-4-2-3-13(9-15)12-28-16-7-5-14(6-8-16)19-23-22-18(29-19)10-21-17(25)11-24;12-11-7-6-10(9-14-11)5-3-1-2-4-8-13/h2-9,11H,10,12H2,1H3,(H,21,25);6-7,9H,1-5,8,13H2. The lowest BCUT2D eigenvalue weighted by atomic mass is 10.1. The Kier molecular flexibility index (Phi) is 13.9. The van der Waals surface area contributed by atoms with Gasteiger partial charge in [0.1, 0.15) is 22.4 Å². The van der Waals surface area contributed by atoms with Crippen LogP contribution in [0.5, 0.6) is 5.75 Å². The average Bonchev–Trinajstić information content (AvgIpc) is 3.53. The number of carbonyl (C=O) groups is 3. The quantitative estimate of drug-likeness (QED) is 0.0686. The van der Waals surface area contributed by atoms with Crippen molar-refractivity contribution in [2.24, 2.45) is 5.73 Å². The highest BCUT2D eigenvalue weighted by atomic mass is 32.1. The van der Waals surface area contributed by atoms with Gasteiger partial charge in [-0.1, -0.05) is 42.4 Å². The van der Waals surface area contributed by atoms with E-state index in [0.29, 0.717) is 27.9 Å². The van der Waals surface area contributed by atoms with Crippen LogP contribution in [0.3, 0.4) is 0 Å². The number of pyridine rings is 1. The molecule has 0 bridgehead atoms. The number of unbranched alkanes of at least 4 members (excludes halogenated alkanes) is 3. The lowest BCUT2D eigenvalue weighted by molar-refractivity contribution is -0.131. The highest BCUT2D eigenvalue weighted by molar-refractivity contribution is 7.14. The van der Waals surface area contributed by atoms with Crippen molar-refractivity contribution in [3.05, 3.63) is 94.5 Å². The van der Waals surface area contributed by atoms with Gasteiger partial charge in [-0.2, -0.15) is 4.39 Å². The van der Waals surface area contributed by atoms with Gasteiger partial charge in [0.2, 0.25) is 12.2 Å². The molecule has 4 aromatic rings. The molecule has 2 heterocycles. The fourth-order valence-electron chi connectivity index (χ4n) is 3.79. The smallest absolute Gasteiger partial charge is 0.337 e. The first kappa shape index (κ1) is 33.0. The molecule has 0 radical (unpaired) electrons. The second kappa shape index (κ2) is 18.1. The highest BCUT2D eigenvalue weighted by Gasteiger charge is 2.09. The van der Waals surface area contributed by atoms with Crippen molar-refractivity contribution in [1.29, 1.82) is 0 Å². The van der Waals surface area contributed by atoms with Gasteiger partial charge in [0.15, 0.2) is 0 Å². The van der Waals surface area contributed by atoms with Crippen LogP contribution >= 0.6 is 11.3 Å². The molecule has 0 saturated carbocycles. The number of nitrogens with one attached hydrogen (secondary N) is 1. The highest BCUT2D eigenvalue weighted by Crippen LogP contribution is 2.26. The molecule has 4 rings (SSSR count). The topological polar surface area (TPSA) is 146 Å². The number of aldehydes is 1. The number of ether oxygens (including phenoxy) is 2. The molecular formula is C31H34FN5O5S. The summed E-state index contributed by atoms with van der Waals surface area (Å²) < 4.78 is 22.9. The van der Waals surface area contributed by atoms with Crippen LogP contribution in [0.25, 0.3) is 10.6 Å². The van der Waals surface area contributed by atoms with E-state index < -0.39 is 17.8 Å². The lowest BCUT2D eigenvalue weighted by Gasteiger charge is -2.08. The molecule has 0 atom stereocenters. The van der Waals surface area contributed by atoms with E-state index >= 15 is 0 Å². The maximum absolute atomic E-state index is 12.5. The Morgan fingerprint density at radius 3 is 2.49 bits per heavy atom. The Bertz CT molecular complexity index is 1450.